The second-order valence-electron chi connectivity index (χ2n) is 5.35. The first kappa shape index (κ1) is 14.4. The highest BCUT2D eigenvalue weighted by Gasteiger charge is 2.17. The van der Waals surface area contributed by atoms with E-state index in [0.29, 0.717) is 6.54 Å². The van der Waals surface area contributed by atoms with Crippen LogP contribution in [0.25, 0.3) is 0 Å². The number of nitrogens with one attached hydrogen (secondary N) is 1. The zero-order valence-corrected chi connectivity index (χ0v) is 12.5. The first-order valence-corrected chi connectivity index (χ1v) is 7.66. The van der Waals surface area contributed by atoms with E-state index in [1.54, 1.807) is 0 Å². The topological polar surface area (TPSA) is 41.6 Å². The Morgan fingerprint density at radius 1 is 1.00 bits per heavy atom. The number of hydrogen-bond acceptors (Lipinski definition) is 3. The molecule has 1 heterocycles. The predicted molar refractivity (Wildman–Crippen MR) is 87.3 cm³/mol. The van der Waals surface area contributed by atoms with Crippen molar-refractivity contribution in [3.05, 3.63) is 54.6 Å². The molecular formula is C18H20N2O2. The molecule has 0 aromatic heterocycles. The molecule has 114 valence electrons. The molecular weight excluding hydrogens is 276 g/mol. The van der Waals surface area contributed by atoms with E-state index < -0.39 is 0 Å². The Balaban J connectivity index is 1.64. The summed E-state index contributed by atoms with van der Waals surface area (Å²) in [7, 11) is 0. The van der Waals surface area contributed by atoms with Crippen LogP contribution in [-0.2, 0) is 4.79 Å². The van der Waals surface area contributed by atoms with Gasteiger partial charge in [-0.2, -0.15) is 0 Å². The highest BCUT2D eigenvalue weighted by molar-refractivity contribution is 5.81. The molecule has 0 aliphatic carbocycles. The van der Waals surface area contributed by atoms with Gasteiger partial charge >= 0.3 is 0 Å². The molecule has 1 N–H and O–H groups in total. The quantitative estimate of drug-likeness (QED) is 0.918. The molecule has 4 nitrogen and oxygen atoms in total. The third-order valence-electron chi connectivity index (χ3n) is 3.75. The number of anilines is 1. The van der Waals surface area contributed by atoms with Gasteiger partial charge in [-0.25, -0.2) is 0 Å². The van der Waals surface area contributed by atoms with Crippen LogP contribution in [0, 0.1) is 0 Å². The molecule has 0 radical (unpaired) electrons. The molecule has 0 bridgehead atoms. The molecule has 1 amide bonds. The number of ether oxygens (including phenoxy) is 1. The first-order chi connectivity index (χ1) is 10.8. The minimum Gasteiger partial charge on any atom is -0.455 e. The molecule has 4 heteroatoms. The van der Waals surface area contributed by atoms with E-state index in [2.05, 4.69) is 5.32 Å². The van der Waals surface area contributed by atoms with Gasteiger partial charge in [0.25, 0.3) is 0 Å². The van der Waals surface area contributed by atoms with Crippen LogP contribution in [0.1, 0.15) is 12.8 Å². The molecule has 1 aliphatic rings. The lowest BCUT2D eigenvalue weighted by Crippen LogP contribution is -2.33. The van der Waals surface area contributed by atoms with Crippen molar-refractivity contribution in [2.24, 2.45) is 0 Å². The van der Waals surface area contributed by atoms with E-state index in [1.165, 1.54) is 0 Å². The third-order valence-corrected chi connectivity index (χ3v) is 3.75. The molecule has 2 aromatic rings. The maximum atomic E-state index is 12.1. The first-order valence-electron chi connectivity index (χ1n) is 7.66. The number of amides is 1. The van der Waals surface area contributed by atoms with E-state index in [0.717, 1.165) is 43.1 Å². The van der Waals surface area contributed by atoms with Gasteiger partial charge in [-0.15, -0.1) is 0 Å². The normalized spacial score (nSPS) is 13.9. The van der Waals surface area contributed by atoms with Crippen molar-refractivity contribution < 1.29 is 9.53 Å². The minimum absolute atomic E-state index is 0.145. The Labute approximate surface area is 130 Å². The second-order valence-corrected chi connectivity index (χ2v) is 5.35. The van der Waals surface area contributed by atoms with Crippen LogP contribution in [0.3, 0.4) is 0 Å². The van der Waals surface area contributed by atoms with Crippen LogP contribution in [-0.4, -0.2) is 30.4 Å². The fourth-order valence-electron chi connectivity index (χ4n) is 2.57. The molecule has 0 unspecified atom stereocenters. The lowest BCUT2D eigenvalue weighted by atomic mass is 10.3. The Bertz CT molecular complexity index is 622. The number of nitrogens with zero attached hydrogens (tertiary/aromatic N) is 1. The van der Waals surface area contributed by atoms with Crippen molar-refractivity contribution in [3.63, 3.8) is 0 Å². The molecule has 0 spiro atoms. The largest absolute Gasteiger partial charge is 0.455 e. The van der Waals surface area contributed by atoms with Crippen molar-refractivity contribution in [3.8, 4) is 11.5 Å². The lowest BCUT2D eigenvalue weighted by Gasteiger charge is -2.17. The predicted octanol–water partition coefficient (Wildman–Crippen LogP) is 3.51. The molecule has 0 saturated carbocycles. The number of benzene rings is 2. The van der Waals surface area contributed by atoms with Crippen LogP contribution in [0.15, 0.2) is 54.6 Å². The van der Waals surface area contributed by atoms with Crippen LogP contribution in [0.2, 0.25) is 0 Å². The average molecular weight is 296 g/mol. The molecule has 1 saturated heterocycles. The van der Waals surface area contributed by atoms with Crippen molar-refractivity contribution in [2.75, 3.05) is 25.0 Å². The summed E-state index contributed by atoms with van der Waals surface area (Å²) in [5.74, 6) is 1.65. The van der Waals surface area contributed by atoms with Gasteiger partial charge in [-0.1, -0.05) is 30.3 Å². The van der Waals surface area contributed by atoms with Crippen LogP contribution < -0.4 is 10.1 Å². The van der Waals surface area contributed by atoms with Crippen molar-refractivity contribution >= 4 is 11.6 Å². The van der Waals surface area contributed by atoms with Crippen LogP contribution >= 0.6 is 0 Å². The minimum atomic E-state index is 0.145. The fourth-order valence-corrected chi connectivity index (χ4v) is 2.57. The zero-order valence-electron chi connectivity index (χ0n) is 12.5. The Kier molecular flexibility index (Phi) is 4.59. The average Bonchev–Trinajstić information content (AvgIpc) is 3.09. The Morgan fingerprint density at radius 2 is 1.68 bits per heavy atom. The van der Waals surface area contributed by atoms with Crippen molar-refractivity contribution in [1.82, 2.24) is 4.90 Å². The monoisotopic (exact) mass is 296 g/mol. The van der Waals surface area contributed by atoms with Gasteiger partial charge in [-0.05, 0) is 37.1 Å². The van der Waals surface area contributed by atoms with E-state index in [1.807, 2.05) is 59.5 Å². The van der Waals surface area contributed by atoms with Gasteiger partial charge < -0.3 is 15.0 Å². The van der Waals surface area contributed by atoms with E-state index in [4.69, 9.17) is 4.74 Å². The summed E-state index contributed by atoms with van der Waals surface area (Å²) in [5.41, 5.74) is 0.832. The number of para-hydroxylation sites is 3. The summed E-state index contributed by atoms with van der Waals surface area (Å²) >= 11 is 0. The number of rotatable bonds is 5. The number of carbonyl (C=O) groups is 1. The highest BCUT2D eigenvalue weighted by atomic mass is 16.5. The molecule has 1 fully saturated rings. The molecule has 3 rings (SSSR count). The van der Waals surface area contributed by atoms with Gasteiger partial charge in [0.1, 0.15) is 5.75 Å². The summed E-state index contributed by atoms with van der Waals surface area (Å²) in [6.45, 7) is 2.06. The van der Waals surface area contributed by atoms with Gasteiger partial charge in [0.2, 0.25) is 5.91 Å². The summed E-state index contributed by atoms with van der Waals surface area (Å²) in [4.78, 5) is 14.0. The standard InChI is InChI=1S/C18H20N2O2/c21-18(20-12-6-7-13-20)14-19-16-10-4-5-11-17(16)22-15-8-2-1-3-9-15/h1-5,8-11,19H,6-7,12-14H2. The Morgan fingerprint density at radius 3 is 2.45 bits per heavy atom. The Hall–Kier alpha value is -2.49. The molecule has 22 heavy (non-hydrogen) atoms. The zero-order chi connectivity index (χ0) is 15.2. The molecule has 0 atom stereocenters. The van der Waals surface area contributed by atoms with E-state index >= 15 is 0 Å². The maximum Gasteiger partial charge on any atom is 0.241 e. The van der Waals surface area contributed by atoms with Gasteiger partial charge in [0.15, 0.2) is 5.75 Å². The maximum absolute atomic E-state index is 12.1. The smallest absolute Gasteiger partial charge is 0.241 e. The second kappa shape index (κ2) is 6.98. The molecule has 2 aromatic carbocycles. The van der Waals surface area contributed by atoms with Crippen molar-refractivity contribution in [1.29, 1.82) is 0 Å². The highest BCUT2D eigenvalue weighted by Crippen LogP contribution is 2.28. The molecule has 1 aliphatic heterocycles. The third kappa shape index (κ3) is 3.58. The summed E-state index contributed by atoms with van der Waals surface area (Å²) in [6, 6.07) is 17.3. The van der Waals surface area contributed by atoms with E-state index in [-0.39, 0.29) is 5.91 Å². The van der Waals surface area contributed by atoms with Crippen LogP contribution in [0.4, 0.5) is 5.69 Å². The summed E-state index contributed by atoms with van der Waals surface area (Å²) < 4.78 is 5.88. The SMILES string of the molecule is O=C(CNc1ccccc1Oc1ccccc1)N1CCCC1. The fraction of sp³-hybridized carbons (Fsp3) is 0.278. The van der Waals surface area contributed by atoms with E-state index in [9.17, 15) is 4.79 Å². The number of hydrogen-bond donors (Lipinski definition) is 1. The summed E-state index contributed by atoms with van der Waals surface area (Å²) in [6.07, 6.45) is 2.22. The number of carbonyl (C=O) groups excluding carboxylic acids is 1. The van der Waals surface area contributed by atoms with Crippen molar-refractivity contribution in [2.45, 2.75) is 12.8 Å². The number of likely N-dealkylation sites (tertiary alicyclic amines) is 1. The van der Waals surface area contributed by atoms with Gasteiger partial charge in [0.05, 0.1) is 12.2 Å². The summed E-state index contributed by atoms with van der Waals surface area (Å²) in [5, 5.41) is 3.19. The van der Waals surface area contributed by atoms with Gasteiger partial charge in [-0.3, -0.25) is 4.79 Å². The van der Waals surface area contributed by atoms with Crippen LogP contribution in [0.5, 0.6) is 11.5 Å². The lowest BCUT2D eigenvalue weighted by molar-refractivity contribution is -0.128. The van der Waals surface area contributed by atoms with Gasteiger partial charge in [0, 0.05) is 13.1 Å².